The average Bonchev–Trinajstić information content (AvgIpc) is 3.08. The number of anilines is 1. The van der Waals surface area contributed by atoms with E-state index in [-0.39, 0.29) is 11.8 Å². The number of nitrogens with zero attached hydrogens (tertiary/aromatic N) is 2. The van der Waals surface area contributed by atoms with Gasteiger partial charge in [-0.1, -0.05) is 30.3 Å². The van der Waals surface area contributed by atoms with Gasteiger partial charge in [0.15, 0.2) is 10.8 Å². The Morgan fingerprint density at radius 3 is 2.88 bits per heavy atom. The number of fused-ring (bicyclic) bond motifs is 1. The molecule has 1 saturated carbocycles. The molecule has 128 valence electrons. The van der Waals surface area contributed by atoms with E-state index in [2.05, 4.69) is 32.4 Å². The summed E-state index contributed by atoms with van der Waals surface area (Å²) in [6.45, 7) is 0. The Kier molecular flexibility index (Phi) is 3.57. The highest BCUT2D eigenvalue weighted by atomic mass is 32.1. The molecule has 4 aromatic rings. The molecule has 0 saturated heterocycles. The number of thiazole rings is 1. The van der Waals surface area contributed by atoms with Crippen molar-refractivity contribution in [1.82, 2.24) is 15.0 Å². The predicted octanol–water partition coefficient (Wildman–Crippen LogP) is 4.43. The lowest BCUT2D eigenvalue weighted by atomic mass is 10.1. The largest absolute Gasteiger partial charge is 0.336 e. The Bertz CT molecular complexity index is 1070. The van der Waals surface area contributed by atoms with Gasteiger partial charge >= 0.3 is 0 Å². The molecule has 2 N–H and O–H groups in total. The van der Waals surface area contributed by atoms with E-state index in [0.717, 1.165) is 34.0 Å². The van der Waals surface area contributed by atoms with E-state index in [0.29, 0.717) is 5.92 Å². The quantitative estimate of drug-likeness (QED) is 0.566. The van der Waals surface area contributed by atoms with Gasteiger partial charge in [-0.05, 0) is 36.1 Å². The van der Waals surface area contributed by atoms with E-state index in [1.165, 1.54) is 5.56 Å². The van der Waals surface area contributed by atoms with Crippen LogP contribution in [0.4, 0.5) is 5.69 Å². The fraction of sp³-hybridized carbons (Fsp3) is 0.150. The molecule has 0 bridgehead atoms. The number of H-pyrrole nitrogens is 1. The highest BCUT2D eigenvalue weighted by molar-refractivity contribution is 7.13. The van der Waals surface area contributed by atoms with Crippen molar-refractivity contribution < 1.29 is 4.79 Å². The molecule has 26 heavy (non-hydrogen) atoms. The normalized spacial score (nSPS) is 18.8. The lowest BCUT2D eigenvalue weighted by Gasteiger charge is -2.05. The monoisotopic (exact) mass is 360 g/mol. The molecule has 1 fully saturated rings. The van der Waals surface area contributed by atoms with Crippen LogP contribution in [0.15, 0.2) is 60.1 Å². The summed E-state index contributed by atoms with van der Waals surface area (Å²) in [4.78, 5) is 24.6. The van der Waals surface area contributed by atoms with Gasteiger partial charge in [0.1, 0.15) is 0 Å². The van der Waals surface area contributed by atoms with Gasteiger partial charge in [0.25, 0.3) is 0 Å². The first kappa shape index (κ1) is 15.3. The number of nitrogens with one attached hydrogen (secondary N) is 2. The zero-order chi connectivity index (χ0) is 17.5. The average molecular weight is 360 g/mol. The fourth-order valence-electron chi connectivity index (χ4n) is 3.32. The zero-order valence-electron chi connectivity index (χ0n) is 13.8. The predicted molar refractivity (Wildman–Crippen MR) is 103 cm³/mol. The Hall–Kier alpha value is -2.99. The molecule has 5 rings (SSSR count). The van der Waals surface area contributed by atoms with Crippen LogP contribution in [0.25, 0.3) is 21.9 Å². The number of rotatable bonds is 4. The topological polar surface area (TPSA) is 70.7 Å². The van der Waals surface area contributed by atoms with E-state index >= 15 is 0 Å². The van der Waals surface area contributed by atoms with Crippen molar-refractivity contribution in [2.24, 2.45) is 5.92 Å². The van der Waals surface area contributed by atoms with Crippen molar-refractivity contribution in [3.63, 3.8) is 0 Å². The van der Waals surface area contributed by atoms with Gasteiger partial charge in [0.2, 0.25) is 5.91 Å². The summed E-state index contributed by atoms with van der Waals surface area (Å²) >= 11 is 1.54. The molecular weight excluding hydrogens is 344 g/mol. The summed E-state index contributed by atoms with van der Waals surface area (Å²) in [5.74, 6) is 1.23. The molecular formula is C20H16N4OS. The summed E-state index contributed by atoms with van der Waals surface area (Å²) < 4.78 is 0. The van der Waals surface area contributed by atoms with Crippen molar-refractivity contribution >= 4 is 34.0 Å². The first-order valence-corrected chi connectivity index (χ1v) is 9.41. The van der Waals surface area contributed by atoms with Crippen LogP contribution in [0.1, 0.15) is 17.9 Å². The number of carbonyl (C=O) groups excluding carboxylic acids is 1. The summed E-state index contributed by atoms with van der Waals surface area (Å²) in [5.41, 5.74) is 3.78. The van der Waals surface area contributed by atoms with Crippen LogP contribution < -0.4 is 5.32 Å². The third kappa shape index (κ3) is 2.78. The number of hydrogen-bond donors (Lipinski definition) is 2. The summed E-state index contributed by atoms with van der Waals surface area (Å²) in [6.07, 6.45) is 2.67. The van der Waals surface area contributed by atoms with Crippen LogP contribution in [0.5, 0.6) is 0 Å². The highest BCUT2D eigenvalue weighted by Crippen LogP contribution is 2.47. The maximum atomic E-state index is 12.5. The highest BCUT2D eigenvalue weighted by Gasteiger charge is 2.43. The fourth-order valence-corrected chi connectivity index (χ4v) is 3.90. The minimum atomic E-state index is 0.0562. The van der Waals surface area contributed by atoms with Crippen LogP contribution in [0.3, 0.4) is 0 Å². The summed E-state index contributed by atoms with van der Waals surface area (Å²) in [6, 6.07) is 16.0. The number of aromatic amines is 1. The molecule has 2 aromatic carbocycles. The molecule has 1 aliphatic carbocycles. The maximum absolute atomic E-state index is 12.5. The van der Waals surface area contributed by atoms with E-state index < -0.39 is 0 Å². The zero-order valence-corrected chi connectivity index (χ0v) is 14.7. The molecule has 2 aromatic heterocycles. The van der Waals surface area contributed by atoms with E-state index in [1.807, 2.05) is 41.8 Å². The van der Waals surface area contributed by atoms with Crippen molar-refractivity contribution in [2.45, 2.75) is 12.3 Å². The van der Waals surface area contributed by atoms with Crippen LogP contribution in [0.2, 0.25) is 0 Å². The number of amides is 1. The minimum Gasteiger partial charge on any atom is -0.336 e. The van der Waals surface area contributed by atoms with Crippen LogP contribution in [0, 0.1) is 5.92 Å². The Balaban J connectivity index is 1.33. The number of carbonyl (C=O) groups is 1. The van der Waals surface area contributed by atoms with Crippen LogP contribution >= 0.6 is 11.3 Å². The van der Waals surface area contributed by atoms with Crippen molar-refractivity contribution in [2.75, 3.05) is 5.32 Å². The number of benzene rings is 2. The Morgan fingerprint density at radius 2 is 2.08 bits per heavy atom. The minimum absolute atomic E-state index is 0.0562. The molecule has 2 heterocycles. The van der Waals surface area contributed by atoms with Gasteiger partial charge in [-0.3, -0.25) is 4.79 Å². The second-order valence-electron chi connectivity index (χ2n) is 6.50. The van der Waals surface area contributed by atoms with E-state index in [1.54, 1.807) is 17.5 Å². The smallest absolute Gasteiger partial charge is 0.228 e. The first-order chi connectivity index (χ1) is 12.8. The standard InChI is InChI=1S/C20H16N4OS/c25-19(15-11-14(15)12-4-2-1-3-5-12)22-13-6-7-16-17(10-13)24-18(23-16)20-21-8-9-26-20/h1-10,14-15H,11H2,(H,22,25)(H,23,24)/t14-,15+/m0/s1. The SMILES string of the molecule is O=C(Nc1ccc2nc(-c3nccs3)[nH]c2c1)[C@@H]1C[C@H]1c1ccccc1. The maximum Gasteiger partial charge on any atom is 0.228 e. The number of aromatic nitrogens is 3. The van der Waals surface area contributed by atoms with E-state index in [4.69, 9.17) is 0 Å². The molecule has 1 amide bonds. The molecule has 0 aliphatic heterocycles. The molecule has 5 nitrogen and oxygen atoms in total. The van der Waals surface area contributed by atoms with Crippen molar-refractivity contribution in [3.8, 4) is 10.8 Å². The van der Waals surface area contributed by atoms with Crippen LogP contribution in [-0.2, 0) is 4.79 Å². The Morgan fingerprint density at radius 1 is 1.19 bits per heavy atom. The van der Waals surface area contributed by atoms with Gasteiger partial charge < -0.3 is 10.3 Å². The first-order valence-electron chi connectivity index (χ1n) is 8.53. The van der Waals surface area contributed by atoms with E-state index in [9.17, 15) is 4.79 Å². The van der Waals surface area contributed by atoms with Crippen molar-refractivity contribution in [3.05, 3.63) is 65.7 Å². The molecule has 2 atom stereocenters. The van der Waals surface area contributed by atoms with Crippen LogP contribution in [-0.4, -0.2) is 20.9 Å². The second-order valence-corrected chi connectivity index (χ2v) is 7.40. The van der Waals surface area contributed by atoms with Gasteiger partial charge in [0, 0.05) is 23.2 Å². The van der Waals surface area contributed by atoms with Gasteiger partial charge in [-0.15, -0.1) is 11.3 Å². The molecule has 1 aliphatic rings. The lowest BCUT2D eigenvalue weighted by molar-refractivity contribution is -0.117. The Labute approximate surface area is 154 Å². The third-order valence-corrected chi connectivity index (χ3v) is 5.52. The molecule has 6 heteroatoms. The lowest BCUT2D eigenvalue weighted by Crippen LogP contribution is -2.14. The van der Waals surface area contributed by atoms with Gasteiger partial charge in [-0.25, -0.2) is 9.97 Å². The van der Waals surface area contributed by atoms with Gasteiger partial charge in [0.05, 0.1) is 11.0 Å². The van der Waals surface area contributed by atoms with Gasteiger partial charge in [-0.2, -0.15) is 0 Å². The summed E-state index contributed by atoms with van der Waals surface area (Å²) in [5, 5.41) is 5.82. The number of imidazole rings is 1. The number of hydrogen-bond acceptors (Lipinski definition) is 4. The molecule has 0 radical (unpaired) electrons. The second kappa shape index (κ2) is 6.07. The summed E-state index contributed by atoms with van der Waals surface area (Å²) in [7, 11) is 0. The molecule has 0 spiro atoms. The van der Waals surface area contributed by atoms with Crippen molar-refractivity contribution in [1.29, 1.82) is 0 Å². The molecule has 0 unspecified atom stereocenters. The third-order valence-electron chi connectivity index (χ3n) is 4.74.